The van der Waals surface area contributed by atoms with Crippen LogP contribution < -0.4 is 5.19 Å². The molecule has 0 amide bonds. The fourth-order valence-electron chi connectivity index (χ4n) is 1.88. The third-order valence-electron chi connectivity index (χ3n) is 2.81. The molecule has 0 saturated heterocycles. The van der Waals surface area contributed by atoms with Gasteiger partial charge in [0.2, 0.25) is 0 Å². The summed E-state index contributed by atoms with van der Waals surface area (Å²) in [6.07, 6.45) is 2.01. The van der Waals surface area contributed by atoms with E-state index in [-0.39, 0.29) is 0 Å². The lowest BCUT2D eigenvalue weighted by molar-refractivity contribution is 0.180. The summed E-state index contributed by atoms with van der Waals surface area (Å²) in [5, 5.41) is 1.89. The molecular formula is C14H23ClO2Si. The smallest absolute Gasteiger partial charge is 0.372 e. The molecule has 2 nitrogen and oxygen atoms in total. The summed E-state index contributed by atoms with van der Waals surface area (Å²) >= 11 is 6.09. The highest BCUT2D eigenvalue weighted by molar-refractivity contribution is 6.81. The maximum Gasteiger partial charge on any atom is 0.372 e. The second-order valence-electron chi connectivity index (χ2n) is 4.31. The van der Waals surface area contributed by atoms with Crippen LogP contribution in [0.25, 0.3) is 0 Å². The number of hydrogen-bond donors (Lipinski definition) is 0. The molecule has 1 rings (SSSR count). The van der Waals surface area contributed by atoms with Crippen LogP contribution in [0, 0.1) is 0 Å². The summed E-state index contributed by atoms with van der Waals surface area (Å²) in [6, 6.07) is 8.84. The lowest BCUT2D eigenvalue weighted by atomic mass is 10.4. The molecule has 102 valence electrons. The van der Waals surface area contributed by atoms with Crippen LogP contribution in [-0.2, 0) is 8.85 Å². The molecule has 0 aliphatic rings. The summed E-state index contributed by atoms with van der Waals surface area (Å²) < 4.78 is 12.3. The van der Waals surface area contributed by atoms with Gasteiger partial charge in [-0.2, -0.15) is 0 Å². The molecule has 0 unspecified atom stereocenters. The number of hydrogen-bond acceptors (Lipinski definition) is 2. The van der Waals surface area contributed by atoms with Crippen molar-refractivity contribution in [2.75, 3.05) is 13.2 Å². The maximum atomic E-state index is 6.13. The lowest BCUT2D eigenvalue weighted by Crippen LogP contribution is -2.53. The van der Waals surface area contributed by atoms with Crippen molar-refractivity contribution < 1.29 is 8.85 Å². The summed E-state index contributed by atoms with van der Waals surface area (Å²) in [4.78, 5) is 0. The Balaban J connectivity index is 2.99. The average molecular weight is 287 g/mol. The molecule has 0 aliphatic heterocycles. The highest BCUT2D eigenvalue weighted by atomic mass is 35.5. The zero-order valence-electron chi connectivity index (χ0n) is 11.5. The van der Waals surface area contributed by atoms with Gasteiger partial charge in [-0.3, -0.25) is 0 Å². The quantitative estimate of drug-likeness (QED) is 0.676. The van der Waals surface area contributed by atoms with E-state index in [1.54, 1.807) is 0 Å². The van der Waals surface area contributed by atoms with Crippen molar-refractivity contribution in [1.29, 1.82) is 0 Å². The first kappa shape index (κ1) is 15.7. The Bertz CT molecular complexity index is 349. The molecule has 0 aliphatic carbocycles. The normalized spacial score (nSPS) is 11.8. The van der Waals surface area contributed by atoms with E-state index in [9.17, 15) is 0 Å². The summed E-state index contributed by atoms with van der Waals surface area (Å²) in [5.41, 5.74) is 0. The Hall–Kier alpha value is -0.353. The Morgan fingerprint density at radius 2 is 1.67 bits per heavy atom. The molecule has 4 heteroatoms. The Labute approximate surface area is 117 Å². The van der Waals surface area contributed by atoms with E-state index in [4.69, 9.17) is 20.5 Å². The van der Waals surface area contributed by atoms with Gasteiger partial charge in [0.25, 0.3) is 0 Å². The molecule has 0 fully saturated rings. The molecule has 0 heterocycles. The topological polar surface area (TPSA) is 18.5 Å². The van der Waals surface area contributed by atoms with Crippen molar-refractivity contribution in [3.05, 3.63) is 29.3 Å². The van der Waals surface area contributed by atoms with Gasteiger partial charge in [-0.25, -0.2) is 0 Å². The molecule has 0 spiro atoms. The zero-order valence-corrected chi connectivity index (χ0v) is 13.3. The third kappa shape index (κ3) is 4.09. The maximum absolute atomic E-state index is 6.13. The minimum atomic E-state index is -2.30. The first-order valence-corrected chi connectivity index (χ1v) is 9.12. The summed E-state index contributed by atoms with van der Waals surface area (Å²) in [5.74, 6) is 0. The Morgan fingerprint density at radius 1 is 1.06 bits per heavy atom. The van der Waals surface area contributed by atoms with E-state index in [0.29, 0.717) is 0 Å². The fraction of sp³-hybridized carbons (Fsp3) is 0.571. The van der Waals surface area contributed by atoms with E-state index >= 15 is 0 Å². The number of benzene rings is 1. The average Bonchev–Trinajstić information content (AvgIpc) is 2.40. The van der Waals surface area contributed by atoms with Crippen LogP contribution in [-0.4, -0.2) is 21.8 Å². The van der Waals surface area contributed by atoms with Crippen LogP contribution in [0.1, 0.15) is 33.6 Å². The molecule has 0 N–H and O–H groups in total. The molecule has 0 saturated carbocycles. The van der Waals surface area contributed by atoms with E-state index < -0.39 is 8.56 Å². The molecule has 0 atom stereocenters. The van der Waals surface area contributed by atoms with Gasteiger partial charge >= 0.3 is 8.56 Å². The molecule has 1 aromatic rings. The van der Waals surface area contributed by atoms with Crippen molar-refractivity contribution in [2.45, 2.75) is 39.7 Å². The van der Waals surface area contributed by atoms with Crippen molar-refractivity contribution in [3.63, 3.8) is 0 Å². The standard InChI is InChI=1S/C14H23ClO2Si/c1-4-10-16-18(6-3,17-11-5-2)14-9-7-8-13(15)12-14/h7-9,12H,4-6,10-11H2,1-3H3. The van der Waals surface area contributed by atoms with E-state index in [1.165, 1.54) is 0 Å². The Kier molecular flexibility index (Phi) is 6.93. The van der Waals surface area contributed by atoms with Crippen LogP contribution in [0.15, 0.2) is 24.3 Å². The van der Waals surface area contributed by atoms with Crippen LogP contribution >= 0.6 is 11.6 Å². The van der Waals surface area contributed by atoms with Crippen LogP contribution in [0.2, 0.25) is 11.1 Å². The van der Waals surface area contributed by atoms with Crippen molar-refractivity contribution in [1.82, 2.24) is 0 Å². The molecule has 18 heavy (non-hydrogen) atoms. The van der Waals surface area contributed by atoms with Gasteiger partial charge in [-0.15, -0.1) is 0 Å². The van der Waals surface area contributed by atoms with Gasteiger partial charge in [0, 0.05) is 18.2 Å². The molecule has 1 aromatic carbocycles. The first-order chi connectivity index (χ1) is 8.68. The van der Waals surface area contributed by atoms with Crippen LogP contribution in [0.5, 0.6) is 0 Å². The largest absolute Gasteiger partial charge is 0.391 e. The van der Waals surface area contributed by atoms with E-state index in [1.807, 2.05) is 18.2 Å². The number of halogens is 1. The molecule has 0 aromatic heterocycles. The Morgan fingerprint density at radius 3 is 2.11 bits per heavy atom. The highest BCUT2D eigenvalue weighted by Gasteiger charge is 2.38. The van der Waals surface area contributed by atoms with Crippen LogP contribution in [0.4, 0.5) is 0 Å². The van der Waals surface area contributed by atoms with Gasteiger partial charge in [0.05, 0.1) is 0 Å². The lowest BCUT2D eigenvalue weighted by Gasteiger charge is -2.30. The van der Waals surface area contributed by atoms with Gasteiger partial charge < -0.3 is 8.85 Å². The second-order valence-corrected chi connectivity index (χ2v) is 8.12. The molecular weight excluding hydrogens is 264 g/mol. The van der Waals surface area contributed by atoms with Crippen molar-refractivity contribution in [2.24, 2.45) is 0 Å². The monoisotopic (exact) mass is 286 g/mol. The van der Waals surface area contributed by atoms with Gasteiger partial charge in [0.15, 0.2) is 0 Å². The summed E-state index contributed by atoms with van der Waals surface area (Å²) in [6.45, 7) is 7.87. The minimum Gasteiger partial charge on any atom is -0.391 e. The molecule has 0 radical (unpaired) electrons. The van der Waals surface area contributed by atoms with E-state index in [2.05, 4.69) is 26.8 Å². The second kappa shape index (κ2) is 7.95. The van der Waals surface area contributed by atoms with Crippen LogP contribution in [0.3, 0.4) is 0 Å². The predicted octanol–water partition coefficient (Wildman–Crippen LogP) is 3.86. The number of rotatable bonds is 8. The SMILES string of the molecule is CCCO[Si](CC)(OCCC)c1cccc(Cl)c1. The first-order valence-electron chi connectivity index (χ1n) is 6.72. The zero-order chi connectivity index (χ0) is 13.4. The highest BCUT2D eigenvalue weighted by Crippen LogP contribution is 2.17. The minimum absolute atomic E-state index is 0.746. The van der Waals surface area contributed by atoms with Crippen molar-refractivity contribution >= 4 is 25.3 Å². The predicted molar refractivity (Wildman–Crippen MR) is 79.8 cm³/mol. The van der Waals surface area contributed by atoms with E-state index in [0.717, 1.165) is 42.3 Å². The fourth-order valence-corrected chi connectivity index (χ4v) is 5.18. The van der Waals surface area contributed by atoms with Crippen molar-refractivity contribution in [3.8, 4) is 0 Å². The summed E-state index contributed by atoms with van der Waals surface area (Å²) in [7, 11) is -2.30. The van der Waals surface area contributed by atoms with Gasteiger partial charge in [0.1, 0.15) is 0 Å². The third-order valence-corrected chi connectivity index (χ3v) is 6.51. The van der Waals surface area contributed by atoms with Gasteiger partial charge in [-0.05, 0) is 36.2 Å². The molecule has 0 bridgehead atoms. The van der Waals surface area contributed by atoms with Gasteiger partial charge in [-0.1, -0.05) is 44.5 Å².